The average Bonchev–Trinajstić information content (AvgIpc) is 3.12. The summed E-state index contributed by atoms with van der Waals surface area (Å²) in [6.07, 6.45) is -0.843. The SMILES string of the molecule is O=C(OCC(O)CO)[C@H](Cc1ccc(OCc2ccccc2)c(OCc2ccccc2)c1)N(Cc1ccccc1)Cc1ccccc1. The van der Waals surface area contributed by atoms with E-state index < -0.39 is 24.7 Å². The zero-order valence-electron chi connectivity index (χ0n) is 26.4. The zero-order valence-corrected chi connectivity index (χ0v) is 26.4. The molecule has 7 nitrogen and oxygen atoms in total. The van der Waals surface area contributed by atoms with Crippen LogP contribution in [0, 0.1) is 0 Å². The van der Waals surface area contributed by atoms with Gasteiger partial charge in [0.2, 0.25) is 0 Å². The number of nitrogens with zero attached hydrogens (tertiary/aromatic N) is 1. The smallest absolute Gasteiger partial charge is 0.323 e. The second-order valence-corrected chi connectivity index (χ2v) is 11.4. The van der Waals surface area contributed by atoms with E-state index in [0.717, 1.165) is 27.8 Å². The Hall–Kier alpha value is -4.95. The van der Waals surface area contributed by atoms with Crippen LogP contribution in [-0.4, -0.2) is 46.4 Å². The van der Waals surface area contributed by atoms with Crippen LogP contribution in [0.15, 0.2) is 140 Å². The highest BCUT2D eigenvalue weighted by atomic mass is 16.5. The summed E-state index contributed by atoms with van der Waals surface area (Å²) in [7, 11) is 0. The number of carbonyl (C=O) groups is 1. The van der Waals surface area contributed by atoms with Gasteiger partial charge in [-0.25, -0.2) is 0 Å². The quantitative estimate of drug-likeness (QED) is 0.116. The van der Waals surface area contributed by atoms with E-state index in [2.05, 4.69) is 4.90 Å². The largest absolute Gasteiger partial charge is 0.485 e. The molecular weight excluding hydrogens is 590 g/mol. The van der Waals surface area contributed by atoms with Gasteiger partial charge in [-0.1, -0.05) is 127 Å². The normalized spacial score (nSPS) is 12.3. The summed E-state index contributed by atoms with van der Waals surface area (Å²) >= 11 is 0. The fraction of sp³-hybridized carbons (Fsp3) is 0.225. The average molecular weight is 632 g/mol. The van der Waals surface area contributed by atoms with Crippen LogP contribution in [0.1, 0.15) is 27.8 Å². The van der Waals surface area contributed by atoms with E-state index in [1.165, 1.54) is 0 Å². The van der Waals surface area contributed by atoms with Crippen LogP contribution in [0.3, 0.4) is 0 Å². The minimum absolute atomic E-state index is 0.298. The molecule has 47 heavy (non-hydrogen) atoms. The van der Waals surface area contributed by atoms with E-state index in [1.807, 2.05) is 140 Å². The molecule has 2 atom stereocenters. The molecule has 5 aromatic rings. The number of esters is 1. The molecule has 242 valence electrons. The van der Waals surface area contributed by atoms with Crippen molar-refractivity contribution in [1.82, 2.24) is 4.90 Å². The highest BCUT2D eigenvalue weighted by Gasteiger charge is 2.29. The van der Waals surface area contributed by atoms with Crippen molar-refractivity contribution < 1.29 is 29.2 Å². The molecular formula is C40H41NO6. The molecule has 2 N–H and O–H groups in total. The molecule has 0 saturated heterocycles. The van der Waals surface area contributed by atoms with Crippen LogP contribution < -0.4 is 9.47 Å². The first-order chi connectivity index (χ1) is 23.1. The van der Waals surface area contributed by atoms with Gasteiger partial charge in [-0.2, -0.15) is 0 Å². The van der Waals surface area contributed by atoms with Crippen molar-refractivity contribution in [3.05, 3.63) is 167 Å². The van der Waals surface area contributed by atoms with Crippen molar-refractivity contribution in [2.24, 2.45) is 0 Å². The van der Waals surface area contributed by atoms with Crippen molar-refractivity contribution >= 4 is 5.97 Å². The molecule has 0 spiro atoms. The lowest BCUT2D eigenvalue weighted by Gasteiger charge is -2.31. The van der Waals surface area contributed by atoms with Crippen molar-refractivity contribution in [2.45, 2.75) is 44.9 Å². The molecule has 0 heterocycles. The van der Waals surface area contributed by atoms with Gasteiger partial charge in [0.05, 0.1) is 6.61 Å². The molecule has 0 aliphatic carbocycles. The molecule has 1 unspecified atom stereocenters. The molecule has 0 amide bonds. The highest BCUT2D eigenvalue weighted by molar-refractivity contribution is 5.76. The van der Waals surface area contributed by atoms with Gasteiger partial charge in [0, 0.05) is 13.1 Å². The van der Waals surface area contributed by atoms with Crippen molar-refractivity contribution in [3.8, 4) is 11.5 Å². The van der Waals surface area contributed by atoms with E-state index >= 15 is 0 Å². The van der Waals surface area contributed by atoms with Gasteiger partial charge >= 0.3 is 5.97 Å². The first kappa shape index (κ1) is 33.4. The first-order valence-electron chi connectivity index (χ1n) is 15.8. The number of hydrogen-bond acceptors (Lipinski definition) is 7. The summed E-state index contributed by atoms with van der Waals surface area (Å²) in [5.41, 5.74) is 5.01. The number of hydrogen-bond donors (Lipinski definition) is 2. The monoisotopic (exact) mass is 631 g/mol. The third-order valence-corrected chi connectivity index (χ3v) is 7.71. The van der Waals surface area contributed by atoms with E-state index in [0.29, 0.717) is 44.2 Å². The molecule has 7 heteroatoms. The summed E-state index contributed by atoms with van der Waals surface area (Å²) in [6, 6.07) is 44.9. The van der Waals surface area contributed by atoms with Crippen LogP contribution in [-0.2, 0) is 42.3 Å². The summed E-state index contributed by atoms with van der Waals surface area (Å²) in [5, 5.41) is 19.3. The Balaban J connectivity index is 1.45. The van der Waals surface area contributed by atoms with E-state index in [4.69, 9.17) is 14.2 Å². The van der Waals surface area contributed by atoms with Gasteiger partial charge in [0.1, 0.15) is 32.0 Å². The Labute approximate surface area is 276 Å². The van der Waals surface area contributed by atoms with E-state index in [1.54, 1.807) is 0 Å². The molecule has 5 aromatic carbocycles. The molecule has 0 bridgehead atoms. The maximum Gasteiger partial charge on any atom is 0.323 e. The van der Waals surface area contributed by atoms with Gasteiger partial charge < -0.3 is 24.4 Å². The third kappa shape index (κ3) is 10.5. The first-order valence-corrected chi connectivity index (χ1v) is 15.8. The fourth-order valence-corrected chi connectivity index (χ4v) is 5.21. The lowest BCUT2D eigenvalue weighted by atomic mass is 10.0. The van der Waals surface area contributed by atoms with Crippen LogP contribution in [0.4, 0.5) is 0 Å². The highest BCUT2D eigenvalue weighted by Crippen LogP contribution is 2.31. The van der Waals surface area contributed by atoms with Crippen LogP contribution in [0.25, 0.3) is 0 Å². The lowest BCUT2D eigenvalue weighted by Crippen LogP contribution is -2.43. The molecule has 0 aliphatic rings. The van der Waals surface area contributed by atoms with E-state index in [9.17, 15) is 15.0 Å². The Morgan fingerprint density at radius 3 is 1.55 bits per heavy atom. The summed E-state index contributed by atoms with van der Waals surface area (Å²) in [4.78, 5) is 15.9. The minimum atomic E-state index is -1.16. The second-order valence-electron chi connectivity index (χ2n) is 11.4. The summed E-state index contributed by atoms with van der Waals surface area (Å²) in [5.74, 6) is 0.687. The van der Waals surface area contributed by atoms with Crippen molar-refractivity contribution in [3.63, 3.8) is 0 Å². The lowest BCUT2D eigenvalue weighted by molar-refractivity contribution is -0.154. The number of rotatable bonds is 17. The fourth-order valence-electron chi connectivity index (χ4n) is 5.21. The second kappa shape index (κ2) is 17.7. The molecule has 5 rings (SSSR count). The van der Waals surface area contributed by atoms with Crippen molar-refractivity contribution in [2.75, 3.05) is 13.2 Å². The van der Waals surface area contributed by atoms with Gasteiger partial charge in [0.15, 0.2) is 11.5 Å². The Morgan fingerprint density at radius 1 is 0.596 bits per heavy atom. The predicted molar refractivity (Wildman–Crippen MR) is 182 cm³/mol. The number of aliphatic hydroxyl groups is 2. The molecule has 0 saturated carbocycles. The molecule has 0 fully saturated rings. The minimum Gasteiger partial charge on any atom is -0.485 e. The van der Waals surface area contributed by atoms with Crippen LogP contribution in [0.5, 0.6) is 11.5 Å². The Bertz CT molecular complexity index is 1590. The van der Waals surface area contributed by atoms with E-state index in [-0.39, 0.29) is 6.61 Å². The zero-order chi connectivity index (χ0) is 32.7. The van der Waals surface area contributed by atoms with Gasteiger partial charge in [0.25, 0.3) is 0 Å². The summed E-state index contributed by atoms with van der Waals surface area (Å²) in [6.45, 7) is 0.925. The van der Waals surface area contributed by atoms with Gasteiger partial charge in [-0.3, -0.25) is 9.69 Å². The maximum absolute atomic E-state index is 13.8. The predicted octanol–water partition coefficient (Wildman–Crippen LogP) is 6.35. The number of ether oxygens (including phenoxy) is 3. The number of carbonyl (C=O) groups excluding carboxylic acids is 1. The standard InChI is InChI=1S/C40H41NO6/c42-27-36(43)30-47-40(44)37(41(25-31-13-5-1-6-14-31)26-32-15-7-2-8-16-32)23-35-21-22-38(45-28-33-17-9-3-10-18-33)39(24-35)46-29-34-19-11-4-12-20-34/h1-22,24,36-37,42-43H,23,25-30H2/t36?,37-/m0/s1. The maximum atomic E-state index is 13.8. The molecule has 0 aromatic heterocycles. The Morgan fingerprint density at radius 2 is 1.06 bits per heavy atom. The van der Waals surface area contributed by atoms with Crippen molar-refractivity contribution in [1.29, 1.82) is 0 Å². The molecule has 0 aliphatic heterocycles. The number of aliphatic hydroxyl groups excluding tert-OH is 2. The number of benzene rings is 5. The van der Waals surface area contributed by atoms with Crippen LogP contribution >= 0.6 is 0 Å². The molecule has 0 radical (unpaired) electrons. The summed E-state index contributed by atoms with van der Waals surface area (Å²) < 4.78 is 18.1. The van der Waals surface area contributed by atoms with Crippen LogP contribution in [0.2, 0.25) is 0 Å². The topological polar surface area (TPSA) is 88.5 Å². The van der Waals surface area contributed by atoms with Gasteiger partial charge in [-0.15, -0.1) is 0 Å². The van der Waals surface area contributed by atoms with Gasteiger partial charge in [-0.05, 0) is 46.4 Å². The Kier molecular flexibility index (Phi) is 12.6. The third-order valence-electron chi connectivity index (χ3n) is 7.71.